The Morgan fingerprint density at radius 1 is 1.28 bits per heavy atom. The number of amides is 1. The minimum Gasteiger partial charge on any atom is -0.350 e. The van der Waals surface area contributed by atoms with Gasteiger partial charge in [0.15, 0.2) is 5.82 Å². The van der Waals surface area contributed by atoms with E-state index in [0.717, 1.165) is 36.3 Å². The van der Waals surface area contributed by atoms with E-state index < -0.39 is 0 Å². The van der Waals surface area contributed by atoms with Crippen LogP contribution in [0.5, 0.6) is 0 Å². The molecule has 2 aromatic heterocycles. The minimum absolute atomic E-state index is 0.0265. The number of carbonyl (C=O) groups excluding carboxylic acids is 1. The molecule has 0 atom stereocenters. The molecule has 7 heteroatoms. The normalized spacial score (nSPS) is 13.4. The average Bonchev–Trinajstić information content (AvgIpc) is 3.01. The molecule has 0 aliphatic heterocycles. The number of fused-ring (bicyclic) bond motifs is 1. The van der Waals surface area contributed by atoms with Crippen LogP contribution in [0.1, 0.15) is 38.4 Å². The first-order chi connectivity index (χ1) is 11.8. The Morgan fingerprint density at radius 2 is 2.08 bits per heavy atom. The smallest absolute Gasteiger partial charge is 0.239 e. The maximum Gasteiger partial charge on any atom is 0.239 e. The molecule has 0 aromatic carbocycles. The number of likely N-dealkylation sites (N-methyl/N-ethyl adjacent to an activating group) is 1. The van der Waals surface area contributed by atoms with Gasteiger partial charge >= 0.3 is 0 Å². The fourth-order valence-electron chi connectivity index (χ4n) is 3.01. The lowest BCUT2D eigenvalue weighted by atomic mass is 10.1. The van der Waals surface area contributed by atoms with Gasteiger partial charge in [-0.05, 0) is 52.2 Å². The molecule has 1 amide bonds. The average molecular weight is 340 g/mol. The van der Waals surface area contributed by atoms with Crippen LogP contribution < -0.4 is 10.2 Å². The van der Waals surface area contributed by atoms with Crippen molar-refractivity contribution in [2.75, 3.05) is 18.5 Å². The van der Waals surface area contributed by atoms with Gasteiger partial charge in [-0.3, -0.25) is 4.79 Å². The van der Waals surface area contributed by atoms with Crippen molar-refractivity contribution in [1.29, 1.82) is 0 Å². The lowest BCUT2D eigenvalue weighted by Crippen LogP contribution is -2.45. The topological polar surface area (TPSA) is 83.9 Å². The SMILES string of the molecule is CN(CC(=O)NC(C)(C)C)c1nc(-c2cccnn2)nc2c1CCC2. The fourth-order valence-corrected chi connectivity index (χ4v) is 3.01. The molecule has 2 aromatic rings. The number of hydrogen-bond donors (Lipinski definition) is 1. The molecule has 0 spiro atoms. The second-order valence-electron chi connectivity index (χ2n) is 7.41. The molecule has 25 heavy (non-hydrogen) atoms. The second-order valence-corrected chi connectivity index (χ2v) is 7.41. The third-order valence-electron chi connectivity index (χ3n) is 3.97. The second kappa shape index (κ2) is 6.74. The Labute approximate surface area is 147 Å². The third-order valence-corrected chi connectivity index (χ3v) is 3.97. The molecular formula is C18H24N6O. The summed E-state index contributed by atoms with van der Waals surface area (Å²) in [5.41, 5.74) is 2.58. The number of anilines is 1. The first-order valence-corrected chi connectivity index (χ1v) is 8.53. The highest BCUT2D eigenvalue weighted by Crippen LogP contribution is 2.30. The summed E-state index contributed by atoms with van der Waals surface area (Å²) in [7, 11) is 1.89. The van der Waals surface area contributed by atoms with Crippen molar-refractivity contribution in [3.05, 3.63) is 29.6 Å². The van der Waals surface area contributed by atoms with Crippen LogP contribution in [0.15, 0.2) is 18.3 Å². The highest BCUT2D eigenvalue weighted by Gasteiger charge is 2.24. The first-order valence-electron chi connectivity index (χ1n) is 8.53. The van der Waals surface area contributed by atoms with E-state index in [1.807, 2.05) is 44.9 Å². The predicted molar refractivity (Wildman–Crippen MR) is 96.2 cm³/mol. The van der Waals surface area contributed by atoms with Crippen LogP contribution in [0.2, 0.25) is 0 Å². The fraction of sp³-hybridized carbons (Fsp3) is 0.500. The number of nitrogens with one attached hydrogen (secondary N) is 1. The number of aromatic nitrogens is 4. The Morgan fingerprint density at radius 3 is 2.76 bits per heavy atom. The standard InChI is InChI=1S/C18H24N6O/c1-18(2,3)22-15(25)11-24(4)17-12-7-5-8-13(12)20-16(21-17)14-9-6-10-19-23-14/h6,9-10H,5,7-8,11H2,1-4H3,(H,22,25). The summed E-state index contributed by atoms with van der Waals surface area (Å²) in [6.07, 6.45) is 4.56. The number of aryl methyl sites for hydroxylation is 1. The quantitative estimate of drug-likeness (QED) is 0.913. The largest absolute Gasteiger partial charge is 0.350 e. The van der Waals surface area contributed by atoms with E-state index >= 15 is 0 Å². The van der Waals surface area contributed by atoms with Crippen LogP contribution in [0.3, 0.4) is 0 Å². The Kier molecular flexibility index (Phi) is 4.65. The van der Waals surface area contributed by atoms with Crippen molar-refractivity contribution < 1.29 is 4.79 Å². The summed E-state index contributed by atoms with van der Waals surface area (Å²) in [4.78, 5) is 23.5. The highest BCUT2D eigenvalue weighted by atomic mass is 16.2. The Bertz CT molecular complexity index is 769. The zero-order chi connectivity index (χ0) is 18.0. The molecule has 0 unspecified atom stereocenters. The van der Waals surface area contributed by atoms with Gasteiger partial charge in [0.25, 0.3) is 0 Å². The maximum atomic E-state index is 12.3. The molecule has 0 saturated carbocycles. The summed E-state index contributed by atoms with van der Waals surface area (Å²) in [5, 5.41) is 11.0. The van der Waals surface area contributed by atoms with E-state index in [-0.39, 0.29) is 18.0 Å². The van der Waals surface area contributed by atoms with Crippen LogP contribution in [0, 0.1) is 0 Å². The van der Waals surface area contributed by atoms with Gasteiger partial charge < -0.3 is 10.2 Å². The Hall–Kier alpha value is -2.57. The molecule has 7 nitrogen and oxygen atoms in total. The zero-order valence-corrected chi connectivity index (χ0v) is 15.2. The number of rotatable bonds is 4. The van der Waals surface area contributed by atoms with E-state index in [9.17, 15) is 4.79 Å². The molecule has 3 rings (SSSR count). The van der Waals surface area contributed by atoms with Gasteiger partial charge in [-0.15, -0.1) is 5.10 Å². The molecule has 0 saturated heterocycles. The van der Waals surface area contributed by atoms with Crippen molar-refractivity contribution in [1.82, 2.24) is 25.5 Å². The lowest BCUT2D eigenvalue weighted by molar-refractivity contribution is -0.121. The molecule has 0 fully saturated rings. The Balaban J connectivity index is 1.90. The van der Waals surface area contributed by atoms with Gasteiger partial charge in [0, 0.05) is 30.0 Å². The van der Waals surface area contributed by atoms with E-state index in [2.05, 4.69) is 20.5 Å². The molecule has 1 aliphatic carbocycles. The van der Waals surface area contributed by atoms with Crippen LogP contribution in [-0.4, -0.2) is 45.2 Å². The van der Waals surface area contributed by atoms with Gasteiger partial charge in [-0.1, -0.05) is 0 Å². The molecule has 1 N–H and O–H groups in total. The van der Waals surface area contributed by atoms with Gasteiger partial charge in [-0.2, -0.15) is 5.10 Å². The van der Waals surface area contributed by atoms with Crippen molar-refractivity contribution >= 4 is 11.7 Å². The van der Waals surface area contributed by atoms with Gasteiger partial charge in [0.05, 0.1) is 6.54 Å². The molecule has 0 bridgehead atoms. The number of carbonyl (C=O) groups is 1. The summed E-state index contributed by atoms with van der Waals surface area (Å²) in [6, 6.07) is 3.67. The highest BCUT2D eigenvalue weighted by molar-refractivity contribution is 5.82. The maximum absolute atomic E-state index is 12.3. The molecular weight excluding hydrogens is 316 g/mol. The van der Waals surface area contributed by atoms with Crippen LogP contribution in [-0.2, 0) is 17.6 Å². The zero-order valence-electron chi connectivity index (χ0n) is 15.2. The van der Waals surface area contributed by atoms with E-state index in [1.54, 1.807) is 6.20 Å². The summed E-state index contributed by atoms with van der Waals surface area (Å²) < 4.78 is 0. The van der Waals surface area contributed by atoms with E-state index in [1.165, 1.54) is 0 Å². The van der Waals surface area contributed by atoms with Crippen molar-refractivity contribution in [2.45, 2.75) is 45.6 Å². The lowest BCUT2D eigenvalue weighted by Gasteiger charge is -2.25. The van der Waals surface area contributed by atoms with Crippen LogP contribution in [0.4, 0.5) is 5.82 Å². The van der Waals surface area contributed by atoms with Gasteiger partial charge in [-0.25, -0.2) is 9.97 Å². The molecule has 0 radical (unpaired) electrons. The van der Waals surface area contributed by atoms with Crippen LogP contribution >= 0.6 is 0 Å². The first kappa shape index (κ1) is 17.3. The number of hydrogen-bond acceptors (Lipinski definition) is 6. The summed E-state index contributed by atoms with van der Waals surface area (Å²) >= 11 is 0. The summed E-state index contributed by atoms with van der Waals surface area (Å²) in [6.45, 7) is 6.17. The number of nitrogens with zero attached hydrogens (tertiary/aromatic N) is 5. The predicted octanol–water partition coefficient (Wildman–Crippen LogP) is 1.77. The van der Waals surface area contributed by atoms with Gasteiger partial charge in [0.2, 0.25) is 5.91 Å². The molecule has 132 valence electrons. The third kappa shape index (κ3) is 4.10. The van der Waals surface area contributed by atoms with Crippen LogP contribution in [0.25, 0.3) is 11.5 Å². The molecule has 2 heterocycles. The van der Waals surface area contributed by atoms with Gasteiger partial charge in [0.1, 0.15) is 11.5 Å². The van der Waals surface area contributed by atoms with Crippen molar-refractivity contribution in [3.63, 3.8) is 0 Å². The monoisotopic (exact) mass is 340 g/mol. The summed E-state index contributed by atoms with van der Waals surface area (Å²) in [5.74, 6) is 1.35. The molecule has 1 aliphatic rings. The van der Waals surface area contributed by atoms with E-state index in [0.29, 0.717) is 11.5 Å². The van der Waals surface area contributed by atoms with Crippen molar-refractivity contribution in [3.8, 4) is 11.5 Å². The van der Waals surface area contributed by atoms with E-state index in [4.69, 9.17) is 4.98 Å². The minimum atomic E-state index is -0.254. The van der Waals surface area contributed by atoms with Crippen molar-refractivity contribution in [2.24, 2.45) is 0 Å².